The van der Waals surface area contributed by atoms with Gasteiger partial charge in [0.2, 0.25) is 0 Å². The van der Waals surface area contributed by atoms with E-state index >= 15 is 0 Å². The molecule has 8 heteroatoms. The van der Waals surface area contributed by atoms with Gasteiger partial charge in [-0.25, -0.2) is 0 Å². The zero-order valence-corrected chi connectivity index (χ0v) is 16.7. The Balaban J connectivity index is 1.46. The Kier molecular flexibility index (Phi) is 6.44. The molecule has 0 aromatic heterocycles. The molecular weight excluding hydrogens is 366 g/mol. The molecule has 1 amide bonds. The topological polar surface area (TPSA) is 74.4 Å². The van der Waals surface area contributed by atoms with Crippen LogP contribution in [0, 0.1) is 0 Å². The number of benzene rings is 1. The number of rotatable bonds is 4. The molecule has 0 aliphatic carbocycles. The average Bonchev–Trinajstić information content (AvgIpc) is 3.15. The Morgan fingerprint density at radius 2 is 1.89 bits per heavy atom. The van der Waals surface area contributed by atoms with Crippen molar-refractivity contribution < 1.29 is 9.53 Å². The van der Waals surface area contributed by atoms with Crippen LogP contribution in [0.25, 0.3) is 0 Å². The van der Waals surface area contributed by atoms with Crippen molar-refractivity contribution in [1.82, 2.24) is 9.80 Å². The van der Waals surface area contributed by atoms with Gasteiger partial charge in [0.1, 0.15) is 6.10 Å². The molecule has 2 aliphatic rings. The van der Waals surface area contributed by atoms with E-state index in [1.54, 1.807) is 19.0 Å². The predicted molar refractivity (Wildman–Crippen MR) is 108 cm³/mol. The van der Waals surface area contributed by atoms with Crippen LogP contribution in [-0.2, 0) is 9.53 Å². The van der Waals surface area contributed by atoms with Gasteiger partial charge in [0.15, 0.2) is 5.96 Å². The average molecular weight is 394 g/mol. The molecule has 2 saturated heterocycles. The van der Waals surface area contributed by atoms with E-state index in [9.17, 15) is 4.79 Å². The van der Waals surface area contributed by atoms with Crippen molar-refractivity contribution in [2.75, 3.05) is 51.7 Å². The van der Waals surface area contributed by atoms with Gasteiger partial charge in [0, 0.05) is 51.0 Å². The van der Waals surface area contributed by atoms with Gasteiger partial charge in [-0.05, 0) is 37.1 Å². The number of nitrogens with two attached hydrogens (primary N) is 1. The monoisotopic (exact) mass is 393 g/mol. The van der Waals surface area contributed by atoms with Gasteiger partial charge in [0.25, 0.3) is 5.91 Å². The van der Waals surface area contributed by atoms with Crippen LogP contribution in [0.15, 0.2) is 29.3 Å². The lowest BCUT2D eigenvalue weighted by molar-refractivity contribution is -0.140. The van der Waals surface area contributed by atoms with E-state index in [0.29, 0.717) is 12.5 Å². The van der Waals surface area contributed by atoms with E-state index in [0.717, 1.165) is 44.0 Å². The van der Waals surface area contributed by atoms with Gasteiger partial charge in [-0.15, -0.1) is 0 Å². The van der Waals surface area contributed by atoms with E-state index in [4.69, 9.17) is 22.1 Å². The first kappa shape index (κ1) is 19.8. The number of nitrogens with zero attached hydrogens (tertiary/aromatic N) is 4. The molecule has 3 rings (SSSR count). The third-order valence-corrected chi connectivity index (χ3v) is 5.33. The van der Waals surface area contributed by atoms with Crippen LogP contribution in [0.2, 0.25) is 5.02 Å². The Labute approximate surface area is 165 Å². The number of ether oxygens (including phenoxy) is 1. The summed E-state index contributed by atoms with van der Waals surface area (Å²) in [5.41, 5.74) is 7.35. The fraction of sp³-hybridized carbons (Fsp3) is 0.579. The highest BCUT2D eigenvalue weighted by molar-refractivity contribution is 6.30. The van der Waals surface area contributed by atoms with Crippen LogP contribution in [-0.4, -0.2) is 80.7 Å². The smallest absolute Gasteiger partial charge is 0.251 e. The van der Waals surface area contributed by atoms with E-state index < -0.39 is 0 Å². The Morgan fingerprint density at radius 3 is 2.52 bits per heavy atom. The Hall–Kier alpha value is -1.99. The van der Waals surface area contributed by atoms with Gasteiger partial charge < -0.3 is 25.2 Å². The molecule has 0 bridgehead atoms. The third-order valence-electron chi connectivity index (χ3n) is 5.08. The van der Waals surface area contributed by atoms with Gasteiger partial charge in [-0.2, -0.15) is 0 Å². The highest BCUT2D eigenvalue weighted by Crippen LogP contribution is 2.22. The first-order chi connectivity index (χ1) is 12.9. The van der Waals surface area contributed by atoms with Crippen molar-refractivity contribution in [2.24, 2.45) is 10.7 Å². The van der Waals surface area contributed by atoms with E-state index in [-0.39, 0.29) is 18.1 Å². The number of likely N-dealkylation sites (N-methyl/N-ethyl adjacent to an activating group) is 1. The Bertz CT molecular complexity index is 671. The molecule has 2 fully saturated rings. The molecule has 7 nitrogen and oxygen atoms in total. The number of guanidine groups is 1. The minimum atomic E-state index is -0.343. The SMILES string of the molecule is CN(C)C(=O)C1CCC(CN=C(N)N2CCN(c3ccc(Cl)cc3)CC2)O1. The van der Waals surface area contributed by atoms with Crippen LogP contribution in [0.5, 0.6) is 0 Å². The number of halogens is 1. The summed E-state index contributed by atoms with van der Waals surface area (Å²) in [6.45, 7) is 3.92. The maximum atomic E-state index is 12.0. The molecule has 2 aliphatic heterocycles. The standard InChI is InChI=1S/C19H28ClN5O2/c1-23(2)18(26)17-8-7-16(27-17)13-22-19(21)25-11-9-24(10-12-25)15-5-3-14(20)4-6-15/h3-6,16-17H,7-13H2,1-2H3,(H2,21,22). The van der Waals surface area contributed by atoms with Crippen LogP contribution in [0.3, 0.4) is 0 Å². The number of aliphatic imine (C=N–C) groups is 1. The summed E-state index contributed by atoms with van der Waals surface area (Å²) in [4.78, 5) is 22.5. The normalized spacial score (nSPS) is 23.6. The lowest BCUT2D eigenvalue weighted by Gasteiger charge is -2.36. The minimum absolute atomic E-state index is 0.0211. The quantitative estimate of drug-likeness (QED) is 0.618. The van der Waals surface area contributed by atoms with Crippen LogP contribution in [0.1, 0.15) is 12.8 Å². The summed E-state index contributed by atoms with van der Waals surface area (Å²) in [6, 6.07) is 7.90. The molecular formula is C19H28ClN5O2. The molecule has 27 heavy (non-hydrogen) atoms. The molecule has 2 N–H and O–H groups in total. The van der Waals surface area contributed by atoms with Crippen LogP contribution in [0.4, 0.5) is 5.69 Å². The van der Waals surface area contributed by atoms with Crippen LogP contribution < -0.4 is 10.6 Å². The van der Waals surface area contributed by atoms with Crippen molar-refractivity contribution in [2.45, 2.75) is 25.0 Å². The second kappa shape index (κ2) is 8.80. The second-order valence-corrected chi connectivity index (χ2v) is 7.64. The van der Waals surface area contributed by atoms with Gasteiger partial charge in [0.05, 0.1) is 12.6 Å². The number of anilines is 1. The summed E-state index contributed by atoms with van der Waals surface area (Å²) in [6.07, 6.45) is 1.21. The van der Waals surface area contributed by atoms with Gasteiger partial charge >= 0.3 is 0 Å². The molecule has 148 valence electrons. The highest BCUT2D eigenvalue weighted by Gasteiger charge is 2.31. The largest absolute Gasteiger partial charge is 0.370 e. The van der Waals surface area contributed by atoms with E-state index in [1.807, 2.05) is 24.3 Å². The maximum Gasteiger partial charge on any atom is 0.251 e. The molecule has 2 unspecified atom stereocenters. The van der Waals surface area contributed by atoms with E-state index in [2.05, 4.69) is 14.8 Å². The number of piperazine rings is 1. The van der Waals surface area contributed by atoms with Crippen molar-refractivity contribution in [3.63, 3.8) is 0 Å². The summed E-state index contributed by atoms with van der Waals surface area (Å²) in [7, 11) is 3.50. The molecule has 2 heterocycles. The number of hydrogen-bond donors (Lipinski definition) is 1. The zero-order chi connectivity index (χ0) is 19.4. The summed E-state index contributed by atoms with van der Waals surface area (Å²) in [5, 5.41) is 0.748. The van der Waals surface area contributed by atoms with Gasteiger partial charge in [-0.3, -0.25) is 9.79 Å². The van der Waals surface area contributed by atoms with Crippen molar-refractivity contribution in [1.29, 1.82) is 0 Å². The van der Waals surface area contributed by atoms with Crippen LogP contribution >= 0.6 is 11.6 Å². The molecule has 0 spiro atoms. The second-order valence-electron chi connectivity index (χ2n) is 7.21. The molecule has 0 radical (unpaired) electrons. The van der Waals surface area contributed by atoms with E-state index in [1.165, 1.54) is 5.69 Å². The predicted octanol–water partition coefficient (Wildman–Crippen LogP) is 1.41. The van der Waals surface area contributed by atoms with Gasteiger partial charge in [-0.1, -0.05) is 11.6 Å². The Morgan fingerprint density at radius 1 is 1.22 bits per heavy atom. The molecule has 1 aromatic carbocycles. The number of carbonyl (C=O) groups excluding carboxylic acids is 1. The first-order valence-electron chi connectivity index (χ1n) is 9.36. The summed E-state index contributed by atoms with van der Waals surface area (Å²) >= 11 is 5.96. The summed E-state index contributed by atoms with van der Waals surface area (Å²) in [5.74, 6) is 0.574. The number of hydrogen-bond acceptors (Lipinski definition) is 4. The summed E-state index contributed by atoms with van der Waals surface area (Å²) < 4.78 is 5.82. The van der Waals surface area contributed by atoms with Crippen molar-refractivity contribution in [3.05, 3.63) is 29.3 Å². The fourth-order valence-corrected chi connectivity index (χ4v) is 3.58. The third kappa shape index (κ3) is 5.05. The zero-order valence-electron chi connectivity index (χ0n) is 16.0. The minimum Gasteiger partial charge on any atom is -0.370 e. The molecule has 0 saturated carbocycles. The highest BCUT2D eigenvalue weighted by atomic mass is 35.5. The lowest BCUT2D eigenvalue weighted by atomic mass is 10.2. The molecule has 2 atom stereocenters. The van der Waals surface area contributed by atoms with Crippen molar-refractivity contribution in [3.8, 4) is 0 Å². The number of amides is 1. The number of carbonyl (C=O) groups is 1. The lowest BCUT2D eigenvalue weighted by Crippen LogP contribution is -2.51. The maximum absolute atomic E-state index is 12.0. The fourth-order valence-electron chi connectivity index (χ4n) is 3.45. The van der Waals surface area contributed by atoms with Crippen molar-refractivity contribution >= 4 is 29.2 Å². The molecule has 1 aromatic rings. The first-order valence-corrected chi connectivity index (χ1v) is 9.74.